The molecule has 0 saturated carbocycles. The topological polar surface area (TPSA) is 73.0 Å². The van der Waals surface area contributed by atoms with Crippen molar-refractivity contribution >= 4 is 5.91 Å². The van der Waals surface area contributed by atoms with Crippen LogP contribution in [0, 0.1) is 5.82 Å². The number of hydrogen-bond donors (Lipinski definition) is 1. The van der Waals surface area contributed by atoms with Gasteiger partial charge in [-0.3, -0.25) is 14.5 Å². The molecule has 0 fully saturated rings. The molecule has 28 heavy (non-hydrogen) atoms. The fourth-order valence-corrected chi connectivity index (χ4v) is 2.79. The van der Waals surface area contributed by atoms with Crippen molar-refractivity contribution < 1.29 is 13.6 Å². The molecule has 4 aromatic rings. The van der Waals surface area contributed by atoms with E-state index in [1.807, 2.05) is 18.2 Å². The molecule has 1 amide bonds. The van der Waals surface area contributed by atoms with Gasteiger partial charge in [0.25, 0.3) is 0 Å². The lowest BCUT2D eigenvalue weighted by Crippen LogP contribution is -2.27. The van der Waals surface area contributed by atoms with Gasteiger partial charge in [-0.15, -0.1) is 0 Å². The minimum Gasteiger partial charge on any atom is -0.463 e. The molecule has 0 aliphatic carbocycles. The third-order valence-electron chi connectivity index (χ3n) is 4.20. The van der Waals surface area contributed by atoms with Gasteiger partial charge in [-0.25, -0.2) is 4.39 Å². The summed E-state index contributed by atoms with van der Waals surface area (Å²) < 4.78 is 19.9. The molecule has 0 spiro atoms. The van der Waals surface area contributed by atoms with Gasteiger partial charge in [-0.05, 0) is 47.5 Å². The van der Waals surface area contributed by atoms with E-state index in [0.717, 1.165) is 16.7 Å². The highest BCUT2D eigenvalue weighted by molar-refractivity contribution is 5.76. The Morgan fingerprint density at radius 3 is 2.79 bits per heavy atom. The fourth-order valence-electron chi connectivity index (χ4n) is 2.79. The summed E-state index contributed by atoms with van der Waals surface area (Å²) >= 11 is 0. The average molecular weight is 376 g/mol. The first-order valence-electron chi connectivity index (χ1n) is 8.71. The van der Waals surface area contributed by atoms with Crippen molar-refractivity contribution in [2.24, 2.45) is 0 Å². The highest BCUT2D eigenvalue weighted by atomic mass is 19.1. The minimum absolute atomic E-state index is 0.0946. The molecule has 0 saturated heterocycles. The molecule has 0 bridgehead atoms. The molecular weight excluding hydrogens is 359 g/mol. The number of aromatic nitrogens is 3. The molecule has 0 aliphatic rings. The normalized spacial score (nSPS) is 10.8. The quantitative estimate of drug-likeness (QED) is 0.557. The summed E-state index contributed by atoms with van der Waals surface area (Å²) in [4.78, 5) is 16.5. The first kappa shape index (κ1) is 17.7. The van der Waals surface area contributed by atoms with E-state index < -0.39 is 0 Å². The monoisotopic (exact) mass is 376 g/mol. The van der Waals surface area contributed by atoms with E-state index in [2.05, 4.69) is 15.4 Å². The molecule has 0 aliphatic heterocycles. The van der Waals surface area contributed by atoms with Crippen molar-refractivity contribution in [3.63, 3.8) is 0 Å². The van der Waals surface area contributed by atoms with E-state index in [1.54, 1.807) is 47.7 Å². The number of carbonyl (C=O) groups excluding carboxylic acids is 1. The van der Waals surface area contributed by atoms with Gasteiger partial charge in [0.15, 0.2) is 5.76 Å². The molecule has 1 N–H and O–H groups in total. The van der Waals surface area contributed by atoms with Crippen LogP contribution in [-0.2, 0) is 17.9 Å². The molecule has 0 unspecified atom stereocenters. The van der Waals surface area contributed by atoms with Crippen LogP contribution in [0.25, 0.3) is 22.6 Å². The van der Waals surface area contributed by atoms with Crippen LogP contribution < -0.4 is 5.32 Å². The van der Waals surface area contributed by atoms with Crippen LogP contribution in [0.4, 0.5) is 4.39 Å². The summed E-state index contributed by atoms with van der Waals surface area (Å²) in [5.41, 5.74) is 3.30. The Hall–Kier alpha value is -3.74. The maximum atomic E-state index is 13.0. The van der Waals surface area contributed by atoms with E-state index >= 15 is 0 Å². The Morgan fingerprint density at radius 2 is 2.00 bits per heavy atom. The smallest absolute Gasteiger partial charge is 0.241 e. The lowest BCUT2D eigenvalue weighted by atomic mass is 10.1. The predicted molar refractivity (Wildman–Crippen MR) is 101 cm³/mol. The van der Waals surface area contributed by atoms with Gasteiger partial charge in [0.2, 0.25) is 5.91 Å². The number of nitrogens with zero attached hydrogens (tertiary/aromatic N) is 3. The maximum absolute atomic E-state index is 13.0. The number of carbonyl (C=O) groups is 1. The average Bonchev–Trinajstić information content (AvgIpc) is 3.40. The number of amides is 1. The van der Waals surface area contributed by atoms with Crippen LogP contribution in [0.2, 0.25) is 0 Å². The van der Waals surface area contributed by atoms with Gasteiger partial charge in [0.1, 0.15) is 18.1 Å². The SMILES string of the molecule is O=C(Cn1cc(-c2ccc(F)cc2)cn1)NCc1ccnc(-c2ccco2)c1. The van der Waals surface area contributed by atoms with Crippen LogP contribution in [0.3, 0.4) is 0 Å². The molecule has 3 heterocycles. The van der Waals surface area contributed by atoms with Crippen LogP contribution in [-0.4, -0.2) is 20.7 Å². The van der Waals surface area contributed by atoms with Crippen molar-refractivity contribution in [3.8, 4) is 22.6 Å². The number of hydrogen-bond acceptors (Lipinski definition) is 4. The van der Waals surface area contributed by atoms with Crippen molar-refractivity contribution in [2.45, 2.75) is 13.1 Å². The Kier molecular flexibility index (Phi) is 4.97. The molecule has 140 valence electrons. The molecule has 0 atom stereocenters. The second kappa shape index (κ2) is 7.87. The third kappa shape index (κ3) is 4.15. The van der Waals surface area contributed by atoms with Gasteiger partial charge in [0.05, 0.1) is 12.5 Å². The van der Waals surface area contributed by atoms with E-state index in [0.29, 0.717) is 18.0 Å². The molecule has 7 heteroatoms. The Labute approximate surface area is 160 Å². The largest absolute Gasteiger partial charge is 0.463 e. The summed E-state index contributed by atoms with van der Waals surface area (Å²) in [5.74, 6) is 0.227. The summed E-state index contributed by atoms with van der Waals surface area (Å²) in [6, 6.07) is 13.5. The van der Waals surface area contributed by atoms with Crippen LogP contribution in [0.5, 0.6) is 0 Å². The molecule has 4 rings (SSSR count). The van der Waals surface area contributed by atoms with E-state index in [-0.39, 0.29) is 18.3 Å². The van der Waals surface area contributed by atoms with Crippen molar-refractivity contribution in [2.75, 3.05) is 0 Å². The first-order chi connectivity index (χ1) is 13.7. The van der Waals surface area contributed by atoms with Crippen LogP contribution in [0.1, 0.15) is 5.56 Å². The lowest BCUT2D eigenvalue weighted by molar-refractivity contribution is -0.122. The molecule has 3 aromatic heterocycles. The summed E-state index contributed by atoms with van der Waals surface area (Å²) in [6.07, 6.45) is 6.69. The molecule has 1 aromatic carbocycles. The number of nitrogens with one attached hydrogen (secondary N) is 1. The number of rotatable bonds is 6. The van der Waals surface area contributed by atoms with Crippen LogP contribution in [0.15, 0.2) is 77.8 Å². The second-order valence-corrected chi connectivity index (χ2v) is 6.24. The maximum Gasteiger partial charge on any atom is 0.241 e. The fraction of sp³-hybridized carbons (Fsp3) is 0.0952. The van der Waals surface area contributed by atoms with Gasteiger partial charge in [-0.2, -0.15) is 5.10 Å². The van der Waals surface area contributed by atoms with E-state index in [9.17, 15) is 9.18 Å². The van der Waals surface area contributed by atoms with Crippen LogP contribution >= 0.6 is 0 Å². The number of pyridine rings is 1. The van der Waals surface area contributed by atoms with E-state index in [4.69, 9.17) is 4.42 Å². The van der Waals surface area contributed by atoms with Gasteiger partial charge in [0, 0.05) is 24.5 Å². The number of halogens is 1. The molecule has 0 radical (unpaired) electrons. The van der Waals surface area contributed by atoms with E-state index in [1.165, 1.54) is 12.1 Å². The molecular formula is C21H17FN4O2. The Bertz CT molecular complexity index is 1070. The summed E-state index contributed by atoms with van der Waals surface area (Å²) in [5, 5.41) is 7.07. The number of furan rings is 1. The third-order valence-corrected chi connectivity index (χ3v) is 4.20. The predicted octanol–water partition coefficient (Wildman–Crippen LogP) is 3.66. The zero-order valence-corrected chi connectivity index (χ0v) is 14.9. The molecule has 6 nitrogen and oxygen atoms in total. The lowest BCUT2D eigenvalue weighted by Gasteiger charge is -2.06. The first-order valence-corrected chi connectivity index (χ1v) is 8.71. The Balaban J connectivity index is 1.35. The summed E-state index contributed by atoms with van der Waals surface area (Å²) in [6.45, 7) is 0.471. The van der Waals surface area contributed by atoms with Crippen molar-refractivity contribution in [1.82, 2.24) is 20.1 Å². The highest BCUT2D eigenvalue weighted by Gasteiger charge is 2.08. The zero-order chi connectivity index (χ0) is 19.3. The Morgan fingerprint density at radius 1 is 1.14 bits per heavy atom. The number of benzene rings is 1. The summed E-state index contributed by atoms with van der Waals surface area (Å²) in [7, 11) is 0. The van der Waals surface area contributed by atoms with Gasteiger partial charge < -0.3 is 9.73 Å². The van der Waals surface area contributed by atoms with Crippen molar-refractivity contribution in [1.29, 1.82) is 0 Å². The minimum atomic E-state index is -0.290. The zero-order valence-electron chi connectivity index (χ0n) is 14.9. The van der Waals surface area contributed by atoms with Crippen molar-refractivity contribution in [3.05, 3.63) is 84.8 Å². The highest BCUT2D eigenvalue weighted by Crippen LogP contribution is 2.19. The second-order valence-electron chi connectivity index (χ2n) is 6.24. The standard InChI is InChI=1S/C21H17FN4O2/c22-18-5-3-16(4-6-18)17-12-25-26(13-17)14-21(27)24-11-15-7-8-23-19(10-15)20-2-1-9-28-20/h1-10,12-13H,11,14H2,(H,24,27). The van der Waals surface area contributed by atoms with Gasteiger partial charge in [-0.1, -0.05) is 12.1 Å². The van der Waals surface area contributed by atoms with Gasteiger partial charge >= 0.3 is 0 Å².